The molecule has 0 fully saturated rings. The van der Waals surface area contributed by atoms with Gasteiger partial charge in [0.05, 0.1) is 17.0 Å². The van der Waals surface area contributed by atoms with Crippen LogP contribution in [0.3, 0.4) is 0 Å². The Bertz CT molecular complexity index is 278. The molecular formula is C8H7Cl2FO. The summed E-state index contributed by atoms with van der Waals surface area (Å²) in [6.45, 7) is 0. The van der Waals surface area contributed by atoms with E-state index in [2.05, 4.69) is 0 Å². The minimum Gasteiger partial charge on any atom is -0.387 e. The van der Waals surface area contributed by atoms with Crippen molar-refractivity contribution in [3.8, 4) is 0 Å². The van der Waals surface area contributed by atoms with Crippen LogP contribution >= 0.6 is 23.2 Å². The summed E-state index contributed by atoms with van der Waals surface area (Å²) in [7, 11) is 0. The number of halogens is 3. The lowest BCUT2D eigenvalue weighted by atomic mass is 10.1. The summed E-state index contributed by atoms with van der Waals surface area (Å²) in [5.74, 6) is -0.649. The molecule has 0 spiro atoms. The molecule has 0 aromatic heterocycles. The molecule has 1 atom stereocenters. The molecule has 0 heterocycles. The second-order valence-electron chi connectivity index (χ2n) is 2.31. The maximum Gasteiger partial charge on any atom is 0.147 e. The van der Waals surface area contributed by atoms with Gasteiger partial charge in [0, 0.05) is 5.56 Å². The van der Waals surface area contributed by atoms with Crippen LogP contribution in [0.25, 0.3) is 0 Å². The fourth-order valence-corrected chi connectivity index (χ4v) is 1.21. The summed E-state index contributed by atoms with van der Waals surface area (Å²) in [6, 6.07) is 4.44. The van der Waals surface area contributed by atoms with E-state index < -0.39 is 11.9 Å². The Hall–Kier alpha value is -0.310. The first kappa shape index (κ1) is 9.78. The van der Waals surface area contributed by atoms with Gasteiger partial charge in [-0.15, -0.1) is 11.6 Å². The van der Waals surface area contributed by atoms with Gasteiger partial charge in [0.2, 0.25) is 0 Å². The van der Waals surface area contributed by atoms with Gasteiger partial charge >= 0.3 is 0 Å². The van der Waals surface area contributed by atoms with Crippen molar-refractivity contribution in [1.82, 2.24) is 0 Å². The van der Waals surface area contributed by atoms with Gasteiger partial charge < -0.3 is 5.11 Å². The molecule has 0 bridgehead atoms. The fraction of sp³-hybridized carbons (Fsp3) is 0.250. The Kier molecular flexibility index (Phi) is 3.32. The van der Waals surface area contributed by atoms with Crippen molar-refractivity contribution in [3.05, 3.63) is 34.6 Å². The molecule has 0 aliphatic heterocycles. The fourth-order valence-electron chi connectivity index (χ4n) is 0.861. The third-order valence-electron chi connectivity index (χ3n) is 1.49. The van der Waals surface area contributed by atoms with E-state index in [9.17, 15) is 9.50 Å². The molecule has 1 aromatic carbocycles. The van der Waals surface area contributed by atoms with Crippen LogP contribution in [0.2, 0.25) is 5.02 Å². The van der Waals surface area contributed by atoms with E-state index in [1.807, 2.05) is 0 Å². The van der Waals surface area contributed by atoms with E-state index in [1.54, 1.807) is 6.07 Å². The zero-order valence-electron chi connectivity index (χ0n) is 6.10. The summed E-state index contributed by atoms with van der Waals surface area (Å²) < 4.78 is 13.1. The van der Waals surface area contributed by atoms with Gasteiger partial charge in [0.1, 0.15) is 5.82 Å². The van der Waals surface area contributed by atoms with Gasteiger partial charge in [-0.2, -0.15) is 0 Å². The number of aliphatic hydroxyl groups is 1. The monoisotopic (exact) mass is 208 g/mol. The van der Waals surface area contributed by atoms with Gasteiger partial charge in [-0.1, -0.05) is 23.7 Å². The second kappa shape index (κ2) is 4.08. The molecule has 0 saturated heterocycles. The van der Waals surface area contributed by atoms with Crippen LogP contribution in [-0.2, 0) is 0 Å². The summed E-state index contributed by atoms with van der Waals surface area (Å²) in [5.41, 5.74) is 0.137. The lowest BCUT2D eigenvalue weighted by molar-refractivity contribution is 0.197. The molecule has 1 rings (SSSR count). The summed E-state index contributed by atoms with van der Waals surface area (Å²) in [6.07, 6.45) is -0.995. The minimum atomic E-state index is -0.995. The molecule has 1 N–H and O–H groups in total. The van der Waals surface area contributed by atoms with E-state index in [0.717, 1.165) is 0 Å². The van der Waals surface area contributed by atoms with Gasteiger partial charge in [-0.05, 0) is 6.07 Å². The second-order valence-corrected chi connectivity index (χ2v) is 3.03. The first-order valence-electron chi connectivity index (χ1n) is 3.34. The highest BCUT2D eigenvalue weighted by Gasteiger charge is 2.13. The Morgan fingerprint density at radius 3 is 2.75 bits per heavy atom. The van der Waals surface area contributed by atoms with E-state index >= 15 is 0 Å². The molecule has 1 aromatic rings. The predicted molar refractivity (Wildman–Crippen MR) is 47.1 cm³/mol. The third kappa shape index (κ3) is 1.89. The maximum absolute atomic E-state index is 13.1. The van der Waals surface area contributed by atoms with Gasteiger partial charge in [-0.3, -0.25) is 0 Å². The lowest BCUT2D eigenvalue weighted by Gasteiger charge is -2.08. The topological polar surface area (TPSA) is 20.2 Å². The largest absolute Gasteiger partial charge is 0.387 e. The van der Waals surface area contributed by atoms with E-state index in [-0.39, 0.29) is 16.5 Å². The van der Waals surface area contributed by atoms with Crippen LogP contribution < -0.4 is 0 Å². The van der Waals surface area contributed by atoms with Crippen LogP contribution in [-0.4, -0.2) is 11.0 Å². The zero-order chi connectivity index (χ0) is 9.14. The average molecular weight is 209 g/mol. The van der Waals surface area contributed by atoms with Gasteiger partial charge in [0.25, 0.3) is 0 Å². The van der Waals surface area contributed by atoms with Crippen molar-refractivity contribution < 1.29 is 9.50 Å². The number of benzene rings is 1. The molecule has 0 amide bonds. The molecule has 0 unspecified atom stereocenters. The maximum atomic E-state index is 13.1. The Morgan fingerprint density at radius 2 is 2.17 bits per heavy atom. The van der Waals surface area contributed by atoms with Crippen LogP contribution in [0, 0.1) is 5.82 Å². The molecule has 0 radical (unpaired) electrons. The number of rotatable bonds is 2. The molecule has 66 valence electrons. The van der Waals surface area contributed by atoms with Crippen LogP contribution in [0.5, 0.6) is 0 Å². The van der Waals surface area contributed by atoms with Crippen molar-refractivity contribution >= 4 is 23.2 Å². The Balaban J connectivity index is 3.07. The molecule has 0 aliphatic rings. The number of hydrogen-bond donors (Lipinski definition) is 1. The standard InChI is InChI=1S/C8H7Cl2FO/c9-4-7(12)5-2-1-3-6(10)8(5)11/h1-3,7,12H,4H2/t7-/m1/s1. The van der Waals surface area contributed by atoms with Gasteiger partial charge in [0.15, 0.2) is 0 Å². The molecule has 0 saturated carbocycles. The lowest BCUT2D eigenvalue weighted by Crippen LogP contribution is -2.01. The summed E-state index contributed by atoms with van der Waals surface area (Å²) in [4.78, 5) is 0. The molecule has 4 heteroatoms. The normalized spacial score (nSPS) is 13.0. The molecule has 0 aliphatic carbocycles. The van der Waals surface area contributed by atoms with Crippen molar-refractivity contribution in [2.45, 2.75) is 6.10 Å². The molecule has 12 heavy (non-hydrogen) atoms. The van der Waals surface area contributed by atoms with Crippen molar-refractivity contribution in [3.63, 3.8) is 0 Å². The van der Waals surface area contributed by atoms with E-state index in [0.29, 0.717) is 0 Å². The van der Waals surface area contributed by atoms with Crippen molar-refractivity contribution in [2.24, 2.45) is 0 Å². The summed E-state index contributed by atoms with van der Waals surface area (Å²) >= 11 is 10.8. The van der Waals surface area contributed by atoms with Crippen LogP contribution in [0.1, 0.15) is 11.7 Å². The first-order valence-corrected chi connectivity index (χ1v) is 4.26. The van der Waals surface area contributed by atoms with E-state index in [1.165, 1.54) is 12.1 Å². The summed E-state index contributed by atoms with van der Waals surface area (Å²) in [5, 5.41) is 9.20. The minimum absolute atomic E-state index is 0.00309. The Labute approximate surface area is 79.7 Å². The van der Waals surface area contributed by atoms with Crippen molar-refractivity contribution in [1.29, 1.82) is 0 Å². The van der Waals surface area contributed by atoms with E-state index in [4.69, 9.17) is 23.2 Å². The zero-order valence-corrected chi connectivity index (χ0v) is 7.61. The first-order chi connectivity index (χ1) is 5.66. The predicted octanol–water partition coefficient (Wildman–Crippen LogP) is 2.75. The Morgan fingerprint density at radius 1 is 1.50 bits per heavy atom. The smallest absolute Gasteiger partial charge is 0.147 e. The number of hydrogen-bond acceptors (Lipinski definition) is 1. The third-order valence-corrected chi connectivity index (χ3v) is 2.07. The average Bonchev–Trinajstić information content (AvgIpc) is 2.08. The number of aliphatic hydroxyl groups excluding tert-OH is 1. The van der Waals surface area contributed by atoms with Crippen LogP contribution in [0.15, 0.2) is 18.2 Å². The van der Waals surface area contributed by atoms with Crippen molar-refractivity contribution in [2.75, 3.05) is 5.88 Å². The highest BCUT2D eigenvalue weighted by molar-refractivity contribution is 6.30. The number of alkyl halides is 1. The molecular weight excluding hydrogens is 202 g/mol. The highest BCUT2D eigenvalue weighted by Crippen LogP contribution is 2.23. The SMILES string of the molecule is O[C@H](CCl)c1cccc(Cl)c1F. The van der Waals surface area contributed by atoms with Crippen LogP contribution in [0.4, 0.5) is 4.39 Å². The molecule has 1 nitrogen and oxygen atoms in total. The highest BCUT2D eigenvalue weighted by atomic mass is 35.5. The van der Waals surface area contributed by atoms with Gasteiger partial charge in [-0.25, -0.2) is 4.39 Å². The quantitative estimate of drug-likeness (QED) is 0.742.